The molecule has 3 heterocycles. The van der Waals surface area contributed by atoms with E-state index in [4.69, 9.17) is 4.74 Å². The number of carbonyl (C=O) groups is 1. The maximum Gasteiger partial charge on any atom is 0.257 e. The molecule has 0 radical (unpaired) electrons. The van der Waals surface area contributed by atoms with Gasteiger partial charge in [-0.05, 0) is 43.7 Å². The van der Waals surface area contributed by atoms with Gasteiger partial charge in [0.05, 0.1) is 24.5 Å². The minimum absolute atomic E-state index is 0. The summed E-state index contributed by atoms with van der Waals surface area (Å²) < 4.78 is 19.4. The first kappa shape index (κ1) is 21.0. The lowest BCUT2D eigenvalue weighted by atomic mass is 10.1. The summed E-state index contributed by atoms with van der Waals surface area (Å²) in [7, 11) is 0. The fourth-order valence-electron chi connectivity index (χ4n) is 3.22. The summed E-state index contributed by atoms with van der Waals surface area (Å²) in [4.78, 5) is 23.7. The number of carbonyl (C=O) groups excluding carboxylic acids is 1. The number of aromatic nitrogens is 2. The monoisotopic (exact) mass is 416 g/mol. The largest absolute Gasteiger partial charge is 0.378 e. The normalized spacial score (nSPS) is 13.8. The van der Waals surface area contributed by atoms with Gasteiger partial charge in [-0.25, -0.2) is 14.4 Å². The number of amides is 1. The standard InChI is InChI=1S/C21H21FN4O2.ClH/c1-13-3-5-15(11-18(13)22)25-19-16-6-4-14(2)24-20(16)23-12-17(19)21(27)26-7-9-28-10-8-26;/h3-6,11-12H,7-10H2,1-2H3,(H,23,24,25);1H. The molecule has 1 aliphatic rings. The number of anilines is 2. The molecule has 4 rings (SSSR count). The van der Waals surface area contributed by atoms with Crippen molar-refractivity contribution in [3.8, 4) is 0 Å². The van der Waals surface area contributed by atoms with Crippen molar-refractivity contribution in [2.24, 2.45) is 0 Å². The SMILES string of the molecule is Cc1ccc2c(Nc3ccc(C)c(F)c3)c(C(=O)N3CCOCC3)cnc2n1.Cl. The maximum atomic E-state index is 14.0. The van der Waals surface area contributed by atoms with Crippen molar-refractivity contribution < 1.29 is 13.9 Å². The maximum absolute atomic E-state index is 14.0. The van der Waals surface area contributed by atoms with E-state index in [1.165, 1.54) is 6.07 Å². The molecule has 1 fully saturated rings. The predicted molar refractivity (Wildman–Crippen MR) is 113 cm³/mol. The van der Waals surface area contributed by atoms with Crippen LogP contribution in [0.25, 0.3) is 11.0 Å². The molecular formula is C21H22ClFN4O2. The molecule has 1 aliphatic heterocycles. The Balaban J connectivity index is 0.00000240. The zero-order valence-electron chi connectivity index (χ0n) is 16.2. The second-order valence-corrected chi connectivity index (χ2v) is 6.86. The Morgan fingerprint density at radius 2 is 1.93 bits per heavy atom. The van der Waals surface area contributed by atoms with E-state index < -0.39 is 0 Å². The lowest BCUT2D eigenvalue weighted by Gasteiger charge is -2.27. The molecule has 1 amide bonds. The van der Waals surface area contributed by atoms with Crippen LogP contribution in [0.1, 0.15) is 21.6 Å². The first-order chi connectivity index (χ1) is 13.5. The average Bonchev–Trinajstić information content (AvgIpc) is 2.71. The number of hydrogen-bond acceptors (Lipinski definition) is 5. The number of morpholine rings is 1. The fraction of sp³-hybridized carbons (Fsp3) is 0.286. The van der Waals surface area contributed by atoms with Gasteiger partial charge in [0.1, 0.15) is 5.82 Å². The number of benzene rings is 1. The summed E-state index contributed by atoms with van der Waals surface area (Å²) in [5.74, 6) is -0.438. The number of halogens is 2. The van der Waals surface area contributed by atoms with Crippen molar-refractivity contribution in [1.82, 2.24) is 14.9 Å². The molecule has 0 unspecified atom stereocenters. The predicted octanol–water partition coefficient (Wildman–Crippen LogP) is 4.02. The van der Waals surface area contributed by atoms with Gasteiger partial charge in [-0.2, -0.15) is 0 Å². The van der Waals surface area contributed by atoms with Crippen LogP contribution in [0.2, 0.25) is 0 Å². The lowest BCUT2D eigenvalue weighted by molar-refractivity contribution is 0.0303. The summed E-state index contributed by atoms with van der Waals surface area (Å²) in [6, 6.07) is 8.66. The van der Waals surface area contributed by atoms with Gasteiger partial charge in [-0.3, -0.25) is 4.79 Å². The van der Waals surface area contributed by atoms with Crippen molar-refractivity contribution in [3.63, 3.8) is 0 Å². The topological polar surface area (TPSA) is 67.4 Å². The third-order valence-corrected chi connectivity index (χ3v) is 4.84. The first-order valence-electron chi connectivity index (χ1n) is 9.19. The molecule has 8 heteroatoms. The number of aryl methyl sites for hydroxylation is 2. The Morgan fingerprint density at radius 3 is 2.66 bits per heavy atom. The highest BCUT2D eigenvalue weighted by Gasteiger charge is 2.23. The number of ether oxygens (including phenoxy) is 1. The summed E-state index contributed by atoms with van der Waals surface area (Å²) in [6.45, 7) is 5.68. The zero-order valence-corrected chi connectivity index (χ0v) is 17.1. The molecule has 0 saturated carbocycles. The Kier molecular flexibility index (Phi) is 6.30. The average molecular weight is 417 g/mol. The van der Waals surface area contributed by atoms with E-state index in [0.29, 0.717) is 59.8 Å². The lowest BCUT2D eigenvalue weighted by Crippen LogP contribution is -2.41. The number of rotatable bonds is 3. The van der Waals surface area contributed by atoms with Gasteiger partial charge in [0.2, 0.25) is 0 Å². The molecule has 0 atom stereocenters. The van der Waals surface area contributed by atoms with E-state index >= 15 is 0 Å². The van der Waals surface area contributed by atoms with Crippen molar-refractivity contribution in [3.05, 3.63) is 59.2 Å². The molecule has 1 N–H and O–H groups in total. The number of pyridine rings is 2. The van der Waals surface area contributed by atoms with Crippen LogP contribution in [-0.2, 0) is 4.74 Å². The van der Waals surface area contributed by atoms with Gasteiger partial charge in [0, 0.05) is 36.1 Å². The van der Waals surface area contributed by atoms with Crippen LogP contribution in [0.5, 0.6) is 0 Å². The molecule has 0 spiro atoms. The number of fused-ring (bicyclic) bond motifs is 1. The van der Waals surface area contributed by atoms with E-state index in [2.05, 4.69) is 15.3 Å². The van der Waals surface area contributed by atoms with Gasteiger partial charge >= 0.3 is 0 Å². The van der Waals surface area contributed by atoms with Crippen molar-refractivity contribution in [1.29, 1.82) is 0 Å². The van der Waals surface area contributed by atoms with Gasteiger partial charge in [-0.15, -0.1) is 12.4 Å². The molecule has 3 aromatic rings. The number of hydrogen-bond donors (Lipinski definition) is 1. The molecule has 1 aromatic carbocycles. The zero-order chi connectivity index (χ0) is 19.7. The molecular weight excluding hydrogens is 395 g/mol. The third kappa shape index (κ3) is 4.31. The fourth-order valence-corrected chi connectivity index (χ4v) is 3.22. The first-order valence-corrected chi connectivity index (χ1v) is 9.19. The smallest absolute Gasteiger partial charge is 0.257 e. The van der Waals surface area contributed by atoms with Crippen LogP contribution >= 0.6 is 12.4 Å². The number of nitrogens with zero attached hydrogens (tertiary/aromatic N) is 3. The number of nitrogens with one attached hydrogen (secondary N) is 1. The molecule has 152 valence electrons. The molecule has 2 aromatic heterocycles. The molecule has 0 aliphatic carbocycles. The van der Waals surface area contributed by atoms with Gasteiger partial charge in [0.25, 0.3) is 5.91 Å². The highest BCUT2D eigenvalue weighted by molar-refractivity contribution is 6.07. The van der Waals surface area contributed by atoms with Crippen LogP contribution in [-0.4, -0.2) is 47.1 Å². The van der Waals surface area contributed by atoms with Gasteiger partial charge < -0.3 is 15.0 Å². The summed E-state index contributed by atoms with van der Waals surface area (Å²) >= 11 is 0. The van der Waals surface area contributed by atoms with Crippen molar-refractivity contribution in [2.45, 2.75) is 13.8 Å². The highest BCUT2D eigenvalue weighted by atomic mass is 35.5. The van der Waals surface area contributed by atoms with Gasteiger partial charge in [0.15, 0.2) is 5.65 Å². The Labute approximate surface area is 174 Å². The quantitative estimate of drug-likeness (QED) is 0.698. The third-order valence-electron chi connectivity index (χ3n) is 4.84. The summed E-state index contributed by atoms with van der Waals surface area (Å²) in [5.41, 5.74) is 3.51. The van der Waals surface area contributed by atoms with Crippen LogP contribution in [0, 0.1) is 19.7 Å². The Bertz CT molecular complexity index is 1050. The Morgan fingerprint density at radius 1 is 1.17 bits per heavy atom. The highest BCUT2D eigenvalue weighted by Crippen LogP contribution is 2.30. The van der Waals surface area contributed by atoms with E-state index in [1.807, 2.05) is 19.1 Å². The van der Waals surface area contributed by atoms with Crippen molar-refractivity contribution in [2.75, 3.05) is 31.6 Å². The second kappa shape index (κ2) is 8.71. The van der Waals surface area contributed by atoms with Crippen molar-refractivity contribution >= 4 is 40.7 Å². The minimum Gasteiger partial charge on any atom is -0.378 e. The van der Waals surface area contributed by atoms with E-state index in [-0.39, 0.29) is 24.1 Å². The Hall–Kier alpha value is -2.77. The molecule has 6 nitrogen and oxygen atoms in total. The van der Waals surface area contributed by atoms with Crippen LogP contribution < -0.4 is 5.32 Å². The van der Waals surface area contributed by atoms with E-state index in [1.54, 1.807) is 30.2 Å². The second-order valence-electron chi connectivity index (χ2n) is 6.86. The summed E-state index contributed by atoms with van der Waals surface area (Å²) in [5, 5.41) is 3.94. The van der Waals surface area contributed by atoms with Crippen LogP contribution in [0.3, 0.4) is 0 Å². The summed E-state index contributed by atoms with van der Waals surface area (Å²) in [6.07, 6.45) is 1.54. The molecule has 0 bridgehead atoms. The van der Waals surface area contributed by atoms with Crippen LogP contribution in [0.4, 0.5) is 15.8 Å². The minimum atomic E-state index is -0.307. The van der Waals surface area contributed by atoms with E-state index in [0.717, 1.165) is 5.69 Å². The van der Waals surface area contributed by atoms with Gasteiger partial charge in [-0.1, -0.05) is 6.07 Å². The molecule has 29 heavy (non-hydrogen) atoms. The van der Waals surface area contributed by atoms with E-state index in [9.17, 15) is 9.18 Å². The molecule has 1 saturated heterocycles. The van der Waals surface area contributed by atoms with Crippen LogP contribution in [0.15, 0.2) is 36.5 Å².